The Bertz CT molecular complexity index is 1830. The average molecular weight is 438 g/mol. The molecule has 150 valence electrons. The van der Waals surface area contributed by atoms with Gasteiger partial charge in [-0.25, -0.2) is 0 Å². The van der Waals surface area contributed by atoms with Crippen molar-refractivity contribution in [2.24, 2.45) is 0 Å². The van der Waals surface area contributed by atoms with Gasteiger partial charge in [-0.2, -0.15) is 0 Å². The van der Waals surface area contributed by atoms with E-state index in [9.17, 15) is 0 Å². The fourth-order valence-electron chi connectivity index (χ4n) is 1.06. The SMILES string of the molecule is CC#CC#CC#CC#CC#CC#CC#CC#CC#CC#CC#CC#CC#CC#CC#CC#CC#CC. The van der Waals surface area contributed by atoms with Gasteiger partial charge in [-0.1, -0.05) is 11.8 Å². The molecule has 36 heavy (non-hydrogen) atoms. The highest BCUT2D eigenvalue weighted by molar-refractivity contribution is 5.49. The Labute approximate surface area is 214 Å². The van der Waals surface area contributed by atoms with Gasteiger partial charge >= 0.3 is 0 Å². The van der Waals surface area contributed by atoms with Gasteiger partial charge in [0.05, 0.1) is 0 Å². The van der Waals surface area contributed by atoms with Gasteiger partial charge in [0.2, 0.25) is 0 Å². The molecule has 0 heterocycles. The first-order chi connectivity index (χ1) is 17.9. The molecular weight excluding hydrogens is 432 g/mol. The Hall–Kier alpha value is -7.48. The van der Waals surface area contributed by atoms with Crippen molar-refractivity contribution in [3.63, 3.8) is 0 Å². The van der Waals surface area contributed by atoms with Crippen molar-refractivity contribution in [3.05, 3.63) is 0 Å². The predicted octanol–water partition coefficient (Wildman–Crippen LogP) is 1.08. The summed E-state index contributed by atoms with van der Waals surface area (Å²) in [5.74, 6) is 85.6. The summed E-state index contributed by atoms with van der Waals surface area (Å²) < 4.78 is 0. The summed E-state index contributed by atoms with van der Waals surface area (Å²) in [5.41, 5.74) is 0. The fraction of sp³-hybridized carbons (Fsp3) is 0.0556. The molecular formula is C36H6. The molecule has 0 bridgehead atoms. The monoisotopic (exact) mass is 438 g/mol. The Balaban J connectivity index is 4.50. The molecule has 0 aromatic carbocycles. The van der Waals surface area contributed by atoms with Crippen molar-refractivity contribution in [3.8, 4) is 201 Å². The van der Waals surface area contributed by atoms with Crippen molar-refractivity contribution in [2.75, 3.05) is 0 Å². The molecule has 0 heteroatoms. The van der Waals surface area contributed by atoms with E-state index in [1.165, 1.54) is 0 Å². The molecule has 0 saturated heterocycles. The van der Waals surface area contributed by atoms with E-state index < -0.39 is 0 Å². The van der Waals surface area contributed by atoms with E-state index in [2.05, 4.69) is 201 Å². The Morgan fingerprint density at radius 3 is 0.306 bits per heavy atom. The van der Waals surface area contributed by atoms with Crippen LogP contribution in [0.1, 0.15) is 13.8 Å². The second-order valence-corrected chi connectivity index (χ2v) is 4.50. The largest absolute Gasteiger partial charge is 0.0925 e. The maximum absolute atomic E-state index is 2.63. The van der Waals surface area contributed by atoms with Gasteiger partial charge in [0.15, 0.2) is 0 Å². The van der Waals surface area contributed by atoms with Crippen LogP contribution >= 0.6 is 0 Å². The van der Waals surface area contributed by atoms with Crippen molar-refractivity contribution in [1.29, 1.82) is 0 Å². The van der Waals surface area contributed by atoms with Crippen LogP contribution in [-0.4, -0.2) is 0 Å². The van der Waals surface area contributed by atoms with Gasteiger partial charge in [0.1, 0.15) is 0 Å². The lowest BCUT2D eigenvalue weighted by molar-refractivity contribution is 1.92. The van der Waals surface area contributed by atoms with E-state index in [1.54, 1.807) is 13.8 Å². The maximum Gasteiger partial charge on any atom is 0 e. The highest BCUT2D eigenvalue weighted by Gasteiger charge is 1.60. The summed E-state index contributed by atoms with van der Waals surface area (Å²) in [5, 5.41) is 0. The van der Waals surface area contributed by atoms with Gasteiger partial charge in [-0.15, -0.1) is 0 Å². The van der Waals surface area contributed by atoms with Crippen LogP contribution in [0.25, 0.3) is 0 Å². The van der Waals surface area contributed by atoms with Crippen LogP contribution in [0.5, 0.6) is 0 Å². The Morgan fingerprint density at radius 2 is 0.222 bits per heavy atom. The molecule has 0 aliphatic carbocycles. The van der Waals surface area contributed by atoms with Crippen molar-refractivity contribution in [1.82, 2.24) is 0 Å². The normalized spacial score (nSPS) is 3.94. The molecule has 0 spiro atoms. The smallest absolute Gasteiger partial charge is 0 e. The highest BCUT2D eigenvalue weighted by atomic mass is 13.6. The standard InChI is InChI=1S/C36H6/c1-3-5-7-9-11-13-15-17-19-21-23-25-27-29-31-33-35-36-34-32-30-28-26-24-22-20-18-16-14-12-10-8-6-4-2/h1-2H3. The maximum atomic E-state index is 2.63. The minimum absolute atomic E-state index is 1.69. The summed E-state index contributed by atoms with van der Waals surface area (Å²) in [6, 6.07) is 0. The van der Waals surface area contributed by atoms with E-state index in [1.807, 2.05) is 0 Å². The zero-order valence-corrected chi connectivity index (χ0v) is 19.0. The summed E-state index contributed by atoms with van der Waals surface area (Å²) in [4.78, 5) is 0. The average Bonchev–Trinajstić information content (AvgIpc) is 2.89. The molecule has 0 amide bonds. The molecule has 0 saturated carbocycles. The molecule has 0 atom stereocenters. The molecule has 0 radical (unpaired) electrons. The number of hydrogen-bond donors (Lipinski definition) is 0. The van der Waals surface area contributed by atoms with E-state index in [4.69, 9.17) is 0 Å². The van der Waals surface area contributed by atoms with Crippen LogP contribution in [-0.2, 0) is 0 Å². The fourth-order valence-corrected chi connectivity index (χ4v) is 1.06. The van der Waals surface area contributed by atoms with Crippen LogP contribution in [0.2, 0.25) is 0 Å². The van der Waals surface area contributed by atoms with Gasteiger partial charge < -0.3 is 0 Å². The van der Waals surface area contributed by atoms with E-state index in [-0.39, 0.29) is 0 Å². The van der Waals surface area contributed by atoms with E-state index in [0.29, 0.717) is 0 Å². The molecule has 0 aliphatic rings. The Kier molecular flexibility index (Phi) is 21.8. The minimum Gasteiger partial charge on any atom is -0.0925 e. The van der Waals surface area contributed by atoms with Crippen molar-refractivity contribution >= 4 is 0 Å². The topological polar surface area (TPSA) is 0 Å². The third kappa shape index (κ3) is 26.5. The lowest BCUT2D eigenvalue weighted by Gasteiger charge is -1.57. The summed E-state index contributed by atoms with van der Waals surface area (Å²) in [6.07, 6.45) is 0. The van der Waals surface area contributed by atoms with Crippen molar-refractivity contribution < 1.29 is 0 Å². The Morgan fingerprint density at radius 1 is 0.139 bits per heavy atom. The van der Waals surface area contributed by atoms with Crippen molar-refractivity contribution in [2.45, 2.75) is 13.8 Å². The second-order valence-electron chi connectivity index (χ2n) is 4.50. The van der Waals surface area contributed by atoms with E-state index >= 15 is 0 Å². The molecule has 0 nitrogen and oxygen atoms in total. The molecule has 0 fully saturated rings. The first-order valence-corrected chi connectivity index (χ1v) is 9.25. The summed E-state index contributed by atoms with van der Waals surface area (Å²) >= 11 is 0. The number of rotatable bonds is 0. The molecule has 0 aromatic rings. The molecule has 0 aromatic heterocycles. The molecule has 0 aliphatic heterocycles. The van der Waals surface area contributed by atoms with Crippen LogP contribution in [0.3, 0.4) is 0 Å². The first-order valence-electron chi connectivity index (χ1n) is 9.25. The van der Waals surface area contributed by atoms with Gasteiger partial charge in [-0.3, -0.25) is 0 Å². The lowest BCUT2D eigenvalue weighted by atomic mass is 10.4. The minimum atomic E-state index is 1.69. The second kappa shape index (κ2) is 27.5. The number of hydrogen-bond acceptors (Lipinski definition) is 0. The van der Waals surface area contributed by atoms with Crippen LogP contribution in [0.15, 0.2) is 0 Å². The summed E-state index contributed by atoms with van der Waals surface area (Å²) in [6.45, 7) is 3.38. The van der Waals surface area contributed by atoms with Crippen LogP contribution < -0.4 is 0 Å². The summed E-state index contributed by atoms with van der Waals surface area (Å²) in [7, 11) is 0. The molecule has 0 N–H and O–H groups in total. The molecule has 0 rings (SSSR count). The zero-order chi connectivity index (χ0) is 26.0. The first kappa shape index (κ1) is 28.5. The van der Waals surface area contributed by atoms with Crippen LogP contribution in [0, 0.1) is 201 Å². The third-order valence-corrected chi connectivity index (χ3v) is 2.19. The van der Waals surface area contributed by atoms with Gasteiger partial charge in [-0.05, 0) is 109 Å². The lowest BCUT2D eigenvalue weighted by Crippen LogP contribution is -1.57. The van der Waals surface area contributed by atoms with E-state index in [0.717, 1.165) is 0 Å². The third-order valence-electron chi connectivity index (χ3n) is 2.19. The zero-order valence-electron chi connectivity index (χ0n) is 19.0. The predicted molar refractivity (Wildman–Crippen MR) is 144 cm³/mol. The van der Waals surface area contributed by atoms with Gasteiger partial charge in [0, 0.05) is 94.7 Å². The van der Waals surface area contributed by atoms with Crippen LogP contribution in [0.4, 0.5) is 0 Å². The van der Waals surface area contributed by atoms with Gasteiger partial charge in [0.25, 0.3) is 0 Å². The quantitative estimate of drug-likeness (QED) is 0.497. The highest BCUT2D eigenvalue weighted by Crippen LogP contribution is 1.60. The molecule has 0 unspecified atom stereocenters.